The number of anilines is 1. The third kappa shape index (κ3) is 5.23. The van der Waals surface area contributed by atoms with Gasteiger partial charge in [-0.3, -0.25) is 4.31 Å². The average molecular weight is 366 g/mol. The van der Waals surface area contributed by atoms with Crippen molar-refractivity contribution in [3.05, 3.63) is 28.2 Å². The summed E-state index contributed by atoms with van der Waals surface area (Å²) in [6.07, 6.45) is 3.07. The summed E-state index contributed by atoms with van der Waals surface area (Å²) >= 11 is 11.8. The molecule has 1 aliphatic rings. The molecule has 1 aliphatic carbocycles. The number of halogens is 2. The Morgan fingerprint density at radius 3 is 2.36 bits per heavy atom. The number of hydrogen-bond donors (Lipinski definition) is 2. The Bertz CT molecular complexity index is 642. The summed E-state index contributed by atoms with van der Waals surface area (Å²) in [5.74, 6) is 0. The molecule has 2 amide bonds. The number of nitrogens with zero attached hydrogens (tertiary/aromatic N) is 1. The monoisotopic (exact) mass is 365 g/mol. The van der Waals surface area contributed by atoms with Crippen LogP contribution in [-0.2, 0) is 10.0 Å². The van der Waals surface area contributed by atoms with Crippen molar-refractivity contribution in [2.24, 2.45) is 0 Å². The van der Waals surface area contributed by atoms with Crippen LogP contribution in [0, 0.1) is 0 Å². The van der Waals surface area contributed by atoms with Gasteiger partial charge in [-0.05, 0) is 31.0 Å². The topological polar surface area (TPSA) is 78.5 Å². The fourth-order valence-corrected chi connectivity index (χ4v) is 3.33. The van der Waals surface area contributed by atoms with Crippen molar-refractivity contribution >= 4 is 44.9 Å². The van der Waals surface area contributed by atoms with Crippen molar-refractivity contribution in [2.45, 2.75) is 18.9 Å². The lowest BCUT2D eigenvalue weighted by molar-refractivity contribution is 0.241. The van der Waals surface area contributed by atoms with E-state index in [9.17, 15) is 13.2 Å². The molecular weight excluding hydrogens is 349 g/mol. The van der Waals surface area contributed by atoms with Crippen LogP contribution in [0.3, 0.4) is 0 Å². The standard InChI is InChI=1S/C13H17Cl2N3O3S/c1-22(20,21)18(12-7-9(14)6-10(15)8-12)5-4-16-13(19)17-11-2-3-11/h6-8,11H,2-5H2,1H3,(H2,16,17,19). The van der Waals surface area contributed by atoms with E-state index in [1.807, 2.05) is 0 Å². The van der Waals surface area contributed by atoms with Crippen LogP contribution in [0.5, 0.6) is 0 Å². The molecule has 0 saturated heterocycles. The van der Waals surface area contributed by atoms with E-state index in [-0.39, 0.29) is 25.2 Å². The summed E-state index contributed by atoms with van der Waals surface area (Å²) < 4.78 is 25.0. The largest absolute Gasteiger partial charge is 0.336 e. The van der Waals surface area contributed by atoms with Crippen LogP contribution in [0.1, 0.15) is 12.8 Å². The van der Waals surface area contributed by atoms with Crippen molar-refractivity contribution in [1.82, 2.24) is 10.6 Å². The maximum atomic E-state index is 11.9. The third-order valence-electron chi connectivity index (χ3n) is 3.05. The van der Waals surface area contributed by atoms with Gasteiger partial charge in [0.05, 0.1) is 18.5 Å². The first kappa shape index (κ1) is 17.2. The second kappa shape index (κ2) is 6.93. The molecule has 122 valence electrons. The minimum absolute atomic E-state index is 0.0909. The summed E-state index contributed by atoms with van der Waals surface area (Å²) in [7, 11) is -3.52. The molecule has 0 atom stereocenters. The number of hydrogen-bond acceptors (Lipinski definition) is 3. The van der Waals surface area contributed by atoms with Gasteiger partial charge < -0.3 is 10.6 Å². The first-order chi connectivity index (χ1) is 10.3. The quantitative estimate of drug-likeness (QED) is 0.810. The van der Waals surface area contributed by atoms with Crippen LogP contribution >= 0.6 is 23.2 Å². The number of benzene rings is 1. The summed E-state index contributed by atoms with van der Waals surface area (Å²) in [6.45, 7) is 0.267. The molecule has 0 spiro atoms. The van der Waals surface area contributed by atoms with Crippen molar-refractivity contribution in [3.8, 4) is 0 Å². The van der Waals surface area contributed by atoms with Gasteiger partial charge in [0.15, 0.2) is 0 Å². The molecule has 2 rings (SSSR count). The van der Waals surface area contributed by atoms with Gasteiger partial charge in [0.1, 0.15) is 0 Å². The van der Waals surface area contributed by atoms with E-state index in [2.05, 4.69) is 10.6 Å². The van der Waals surface area contributed by atoms with Gasteiger partial charge in [0.25, 0.3) is 0 Å². The van der Waals surface area contributed by atoms with E-state index in [1.54, 1.807) is 0 Å². The van der Waals surface area contributed by atoms with Crippen LogP contribution in [0.15, 0.2) is 18.2 Å². The molecule has 6 nitrogen and oxygen atoms in total. The molecule has 0 aliphatic heterocycles. The number of rotatable bonds is 6. The normalized spacial score (nSPS) is 14.5. The van der Waals surface area contributed by atoms with E-state index in [4.69, 9.17) is 23.2 Å². The Morgan fingerprint density at radius 2 is 1.86 bits per heavy atom. The molecule has 0 bridgehead atoms. The molecule has 0 unspecified atom stereocenters. The van der Waals surface area contributed by atoms with Crippen molar-refractivity contribution in [3.63, 3.8) is 0 Å². The molecule has 1 saturated carbocycles. The highest BCUT2D eigenvalue weighted by atomic mass is 35.5. The van der Waals surface area contributed by atoms with Gasteiger partial charge in [-0.25, -0.2) is 13.2 Å². The van der Waals surface area contributed by atoms with E-state index >= 15 is 0 Å². The number of sulfonamides is 1. The maximum Gasteiger partial charge on any atom is 0.315 e. The molecule has 0 aromatic heterocycles. The third-order valence-corrected chi connectivity index (χ3v) is 4.68. The predicted octanol–water partition coefficient (Wildman–Crippen LogP) is 2.22. The van der Waals surface area contributed by atoms with Crippen LogP contribution in [0.25, 0.3) is 0 Å². The van der Waals surface area contributed by atoms with Crippen LogP contribution < -0.4 is 14.9 Å². The van der Waals surface area contributed by atoms with Gasteiger partial charge in [0, 0.05) is 22.6 Å². The fraction of sp³-hybridized carbons (Fsp3) is 0.462. The number of carbonyl (C=O) groups is 1. The number of carbonyl (C=O) groups excluding carboxylic acids is 1. The zero-order valence-electron chi connectivity index (χ0n) is 12.0. The van der Waals surface area contributed by atoms with Crippen LogP contribution in [0.2, 0.25) is 10.0 Å². The maximum absolute atomic E-state index is 11.9. The second-order valence-electron chi connectivity index (χ2n) is 5.14. The van der Waals surface area contributed by atoms with Crippen LogP contribution in [-0.4, -0.2) is 39.8 Å². The second-order valence-corrected chi connectivity index (χ2v) is 7.92. The predicted molar refractivity (Wildman–Crippen MR) is 88.2 cm³/mol. The van der Waals surface area contributed by atoms with E-state index in [1.165, 1.54) is 18.2 Å². The summed E-state index contributed by atoms with van der Waals surface area (Å²) in [6, 6.07) is 4.50. The zero-order valence-corrected chi connectivity index (χ0v) is 14.3. The molecule has 22 heavy (non-hydrogen) atoms. The zero-order chi connectivity index (χ0) is 16.3. The lowest BCUT2D eigenvalue weighted by atomic mass is 10.3. The molecule has 2 N–H and O–H groups in total. The van der Waals surface area contributed by atoms with Crippen molar-refractivity contribution in [1.29, 1.82) is 0 Å². The Hall–Kier alpha value is -1.18. The van der Waals surface area contributed by atoms with Crippen molar-refractivity contribution in [2.75, 3.05) is 23.7 Å². The highest BCUT2D eigenvalue weighted by Crippen LogP contribution is 2.26. The van der Waals surface area contributed by atoms with Crippen molar-refractivity contribution < 1.29 is 13.2 Å². The Morgan fingerprint density at radius 1 is 1.27 bits per heavy atom. The lowest BCUT2D eigenvalue weighted by Crippen LogP contribution is -2.42. The average Bonchev–Trinajstić information content (AvgIpc) is 3.15. The first-order valence-electron chi connectivity index (χ1n) is 6.74. The van der Waals surface area contributed by atoms with Gasteiger partial charge >= 0.3 is 6.03 Å². The number of nitrogens with one attached hydrogen (secondary N) is 2. The summed E-state index contributed by atoms with van der Waals surface area (Å²) in [5.41, 5.74) is 0.365. The highest BCUT2D eigenvalue weighted by molar-refractivity contribution is 7.92. The minimum atomic E-state index is -3.52. The molecular formula is C13H17Cl2N3O3S. The molecule has 1 aromatic carbocycles. The van der Waals surface area contributed by atoms with Gasteiger partial charge in [-0.1, -0.05) is 23.2 Å². The number of amides is 2. The lowest BCUT2D eigenvalue weighted by Gasteiger charge is -2.23. The Kier molecular flexibility index (Phi) is 5.41. The first-order valence-corrected chi connectivity index (χ1v) is 9.34. The Balaban J connectivity index is 2.01. The van der Waals surface area contributed by atoms with E-state index in [0.717, 1.165) is 23.4 Å². The molecule has 1 aromatic rings. The molecule has 0 radical (unpaired) electrons. The molecule has 1 fully saturated rings. The smallest absolute Gasteiger partial charge is 0.315 e. The van der Waals surface area contributed by atoms with Gasteiger partial charge in [-0.15, -0.1) is 0 Å². The van der Waals surface area contributed by atoms with Crippen LogP contribution in [0.4, 0.5) is 10.5 Å². The Labute approximate surface area is 139 Å². The molecule has 0 heterocycles. The van der Waals surface area contributed by atoms with Gasteiger partial charge in [-0.2, -0.15) is 0 Å². The summed E-state index contributed by atoms with van der Waals surface area (Å²) in [5, 5.41) is 6.08. The fourth-order valence-electron chi connectivity index (χ4n) is 1.90. The minimum Gasteiger partial charge on any atom is -0.336 e. The number of urea groups is 1. The molecule has 9 heteroatoms. The summed E-state index contributed by atoms with van der Waals surface area (Å²) in [4.78, 5) is 11.5. The van der Waals surface area contributed by atoms with E-state index < -0.39 is 10.0 Å². The van der Waals surface area contributed by atoms with Gasteiger partial charge in [0.2, 0.25) is 10.0 Å². The highest BCUT2D eigenvalue weighted by Gasteiger charge is 2.23. The SMILES string of the molecule is CS(=O)(=O)N(CCNC(=O)NC1CC1)c1cc(Cl)cc(Cl)c1. The van der Waals surface area contributed by atoms with E-state index in [0.29, 0.717) is 15.7 Å².